The summed E-state index contributed by atoms with van der Waals surface area (Å²) in [7, 11) is 0. The van der Waals surface area contributed by atoms with Crippen LogP contribution >= 0.6 is 11.3 Å². The molecule has 0 bridgehead atoms. The van der Waals surface area contributed by atoms with Crippen LogP contribution in [0.5, 0.6) is 5.75 Å². The molecule has 43 heavy (non-hydrogen) atoms. The van der Waals surface area contributed by atoms with Crippen LogP contribution in [-0.4, -0.2) is 22.1 Å². The van der Waals surface area contributed by atoms with E-state index in [9.17, 15) is 19.7 Å². The summed E-state index contributed by atoms with van der Waals surface area (Å²) in [5.41, 5.74) is 1.97. The molecule has 0 saturated heterocycles. The Morgan fingerprint density at radius 2 is 1.77 bits per heavy atom. The minimum atomic E-state index is -0.818. The zero-order valence-corrected chi connectivity index (χ0v) is 24.7. The molecule has 1 aliphatic heterocycles. The number of carbonyl (C=O) groups excluding carboxylic acids is 1. The first-order chi connectivity index (χ1) is 20.9. The Labute approximate surface area is 252 Å². The van der Waals surface area contributed by atoms with Crippen LogP contribution < -0.4 is 19.6 Å². The van der Waals surface area contributed by atoms with Crippen molar-refractivity contribution in [3.63, 3.8) is 0 Å². The van der Waals surface area contributed by atoms with Gasteiger partial charge in [-0.25, -0.2) is 9.79 Å². The van der Waals surface area contributed by atoms with Gasteiger partial charge in [-0.3, -0.25) is 19.5 Å². The minimum absolute atomic E-state index is 0.0653. The Bertz CT molecular complexity index is 1840. The highest BCUT2D eigenvalue weighted by Crippen LogP contribution is 2.32. The largest absolute Gasteiger partial charge is 0.494 e. The molecule has 10 heteroatoms. The molecule has 0 radical (unpaired) electrons. The molecule has 4 aromatic rings. The van der Waals surface area contributed by atoms with Crippen molar-refractivity contribution in [2.45, 2.75) is 45.8 Å². The summed E-state index contributed by atoms with van der Waals surface area (Å²) >= 11 is 1.12. The van der Waals surface area contributed by atoms with Crippen molar-refractivity contribution in [2.75, 3.05) is 6.61 Å². The molecule has 1 unspecified atom stereocenters. The fourth-order valence-electron chi connectivity index (χ4n) is 4.90. The molecule has 1 atom stereocenters. The number of nitro groups is 1. The van der Waals surface area contributed by atoms with Crippen LogP contribution in [0.2, 0.25) is 0 Å². The summed E-state index contributed by atoms with van der Waals surface area (Å²) in [6.07, 6.45) is 4.63. The van der Waals surface area contributed by atoms with Crippen molar-refractivity contribution in [1.29, 1.82) is 0 Å². The fraction of sp³-hybridized carbons (Fsp3) is 0.242. The van der Waals surface area contributed by atoms with Crippen LogP contribution in [0.3, 0.4) is 0 Å². The number of ether oxygens (including phenoxy) is 2. The lowest BCUT2D eigenvalue weighted by Crippen LogP contribution is -2.39. The van der Waals surface area contributed by atoms with Crippen LogP contribution in [0.1, 0.15) is 55.8 Å². The molecule has 0 aliphatic carbocycles. The van der Waals surface area contributed by atoms with E-state index in [0.29, 0.717) is 34.0 Å². The first-order valence-corrected chi connectivity index (χ1v) is 14.9. The zero-order valence-electron chi connectivity index (χ0n) is 23.9. The molecular weight excluding hydrogens is 566 g/mol. The Balaban J connectivity index is 1.57. The number of nitrogens with zero attached hydrogens (tertiary/aromatic N) is 3. The predicted molar refractivity (Wildman–Crippen MR) is 165 cm³/mol. The number of carbonyl (C=O) groups is 1. The molecule has 1 aromatic heterocycles. The van der Waals surface area contributed by atoms with Gasteiger partial charge in [0.05, 0.1) is 38.9 Å². The van der Waals surface area contributed by atoms with Gasteiger partial charge in [0.1, 0.15) is 12.4 Å². The molecule has 0 fully saturated rings. The number of unbranched alkanes of at least 4 members (excludes halogenated alkanes) is 2. The number of thiazole rings is 1. The summed E-state index contributed by atoms with van der Waals surface area (Å²) in [5, 5.41) is 11.6. The smallest absolute Gasteiger partial charge is 0.338 e. The van der Waals surface area contributed by atoms with Crippen molar-refractivity contribution < 1.29 is 19.2 Å². The molecule has 0 N–H and O–H groups in total. The Morgan fingerprint density at radius 3 is 2.49 bits per heavy atom. The molecule has 0 saturated carbocycles. The number of aromatic nitrogens is 1. The SMILES string of the molecule is CCCCCOc1ccc(C2C(C(=O)OCc3ccccc3)=C(C)N=c3s/c(=C\c4ccccc4[N+](=O)[O-])c(=O)n32)cc1. The van der Waals surface area contributed by atoms with E-state index in [1.165, 1.54) is 16.7 Å². The van der Waals surface area contributed by atoms with Crippen LogP contribution in [0.15, 0.2) is 99.9 Å². The maximum absolute atomic E-state index is 13.9. The zero-order chi connectivity index (χ0) is 30.3. The highest BCUT2D eigenvalue weighted by molar-refractivity contribution is 7.07. The summed E-state index contributed by atoms with van der Waals surface area (Å²) in [6, 6.07) is 22.1. The second-order valence-corrected chi connectivity index (χ2v) is 11.1. The lowest BCUT2D eigenvalue weighted by molar-refractivity contribution is -0.385. The second kappa shape index (κ2) is 13.4. The average Bonchev–Trinajstić information content (AvgIpc) is 3.32. The van der Waals surface area contributed by atoms with Gasteiger partial charge in [0.25, 0.3) is 11.2 Å². The Kier molecular flexibility index (Phi) is 9.26. The van der Waals surface area contributed by atoms with E-state index >= 15 is 0 Å². The highest BCUT2D eigenvalue weighted by atomic mass is 32.1. The van der Waals surface area contributed by atoms with E-state index in [2.05, 4.69) is 11.9 Å². The molecule has 1 aliphatic rings. The molecular formula is C33H31N3O6S. The van der Waals surface area contributed by atoms with Crippen LogP contribution in [-0.2, 0) is 16.1 Å². The molecule has 5 rings (SSSR count). The third-order valence-electron chi connectivity index (χ3n) is 7.09. The molecule has 0 amide bonds. The highest BCUT2D eigenvalue weighted by Gasteiger charge is 2.33. The number of allylic oxidation sites excluding steroid dienone is 1. The fourth-order valence-corrected chi connectivity index (χ4v) is 5.94. The van der Waals surface area contributed by atoms with Crippen molar-refractivity contribution in [1.82, 2.24) is 4.57 Å². The number of rotatable bonds is 11. The number of nitro benzene ring substituents is 1. The van der Waals surface area contributed by atoms with Gasteiger partial charge in [0, 0.05) is 6.07 Å². The van der Waals surface area contributed by atoms with Gasteiger partial charge in [-0.05, 0) is 48.7 Å². The van der Waals surface area contributed by atoms with E-state index in [-0.39, 0.29) is 22.4 Å². The van der Waals surface area contributed by atoms with Gasteiger partial charge in [0.2, 0.25) is 0 Å². The van der Waals surface area contributed by atoms with E-state index < -0.39 is 22.5 Å². The lowest BCUT2D eigenvalue weighted by atomic mass is 9.96. The summed E-state index contributed by atoms with van der Waals surface area (Å²) in [5.74, 6) is 0.112. The second-order valence-electron chi connectivity index (χ2n) is 10.1. The number of hydrogen-bond acceptors (Lipinski definition) is 8. The third-order valence-corrected chi connectivity index (χ3v) is 8.07. The monoisotopic (exact) mass is 597 g/mol. The summed E-state index contributed by atoms with van der Waals surface area (Å²) < 4.78 is 13.3. The molecule has 2 heterocycles. The van der Waals surface area contributed by atoms with E-state index in [1.807, 2.05) is 54.6 Å². The van der Waals surface area contributed by atoms with E-state index in [0.717, 1.165) is 36.2 Å². The van der Waals surface area contributed by atoms with Crippen LogP contribution in [0, 0.1) is 10.1 Å². The minimum Gasteiger partial charge on any atom is -0.494 e. The summed E-state index contributed by atoms with van der Waals surface area (Å²) in [6.45, 7) is 4.52. The maximum atomic E-state index is 13.9. The van der Waals surface area contributed by atoms with E-state index in [1.54, 1.807) is 25.1 Å². The van der Waals surface area contributed by atoms with Crippen molar-refractivity contribution in [3.8, 4) is 5.75 Å². The van der Waals surface area contributed by atoms with Gasteiger partial charge in [-0.15, -0.1) is 0 Å². The van der Waals surface area contributed by atoms with Gasteiger partial charge in [-0.1, -0.05) is 85.7 Å². The number of benzene rings is 3. The first-order valence-electron chi connectivity index (χ1n) is 14.1. The molecule has 3 aromatic carbocycles. The van der Waals surface area contributed by atoms with Gasteiger partial charge >= 0.3 is 5.97 Å². The topological polar surface area (TPSA) is 113 Å². The average molecular weight is 598 g/mol. The standard InChI is InChI=1S/C33H31N3O6S/c1-3-4-10-19-41-26-17-15-24(16-18-26)30-29(32(38)42-21-23-11-6-5-7-12-23)22(2)34-33-35(30)31(37)28(43-33)20-25-13-8-9-14-27(25)36(39)40/h5-9,11-18,20,30H,3-4,10,19,21H2,1-2H3/b28-20-. The van der Waals surface area contributed by atoms with Crippen LogP contribution in [0.25, 0.3) is 6.08 Å². The summed E-state index contributed by atoms with van der Waals surface area (Å²) in [4.78, 5) is 43.7. The van der Waals surface area contributed by atoms with Gasteiger partial charge < -0.3 is 9.47 Å². The molecule has 9 nitrogen and oxygen atoms in total. The Morgan fingerprint density at radius 1 is 1.05 bits per heavy atom. The number of esters is 1. The van der Waals surface area contributed by atoms with Crippen molar-refractivity contribution in [3.05, 3.63) is 137 Å². The van der Waals surface area contributed by atoms with Gasteiger partial charge in [-0.2, -0.15) is 0 Å². The van der Waals surface area contributed by atoms with Crippen molar-refractivity contribution >= 4 is 29.1 Å². The van der Waals surface area contributed by atoms with Gasteiger partial charge in [0.15, 0.2) is 4.80 Å². The predicted octanol–water partition coefficient (Wildman–Crippen LogP) is 5.46. The molecule has 220 valence electrons. The molecule has 0 spiro atoms. The Hall–Kier alpha value is -4.83. The normalized spacial score (nSPS) is 14.7. The number of para-hydroxylation sites is 1. The number of hydrogen-bond donors (Lipinski definition) is 0. The number of fused-ring (bicyclic) bond motifs is 1. The maximum Gasteiger partial charge on any atom is 0.338 e. The quantitative estimate of drug-likeness (QED) is 0.0983. The lowest BCUT2D eigenvalue weighted by Gasteiger charge is -2.25. The van der Waals surface area contributed by atoms with Crippen molar-refractivity contribution in [2.24, 2.45) is 4.99 Å². The third kappa shape index (κ3) is 6.65. The van der Waals surface area contributed by atoms with Crippen LogP contribution in [0.4, 0.5) is 5.69 Å². The first kappa shape index (κ1) is 29.7. The van der Waals surface area contributed by atoms with E-state index in [4.69, 9.17) is 9.47 Å².